The number of rotatable bonds is 7. The van der Waals surface area contributed by atoms with Crippen LogP contribution in [-0.2, 0) is 14.4 Å². The molecule has 7 nitrogen and oxygen atoms in total. The Hall–Kier alpha value is -2.41. The van der Waals surface area contributed by atoms with Crippen LogP contribution in [0.1, 0.15) is 32.1 Å². The maximum Gasteiger partial charge on any atom is 0.233 e. The first-order valence-electron chi connectivity index (χ1n) is 12.1. The van der Waals surface area contributed by atoms with Crippen LogP contribution in [0.3, 0.4) is 0 Å². The maximum absolute atomic E-state index is 12.9. The molecule has 7 heteroatoms. The zero-order valence-electron chi connectivity index (χ0n) is 18.9. The van der Waals surface area contributed by atoms with Gasteiger partial charge in [-0.25, -0.2) is 0 Å². The molecule has 2 saturated heterocycles. The molecule has 172 valence electrons. The van der Waals surface area contributed by atoms with Crippen LogP contribution in [0.15, 0.2) is 24.3 Å². The summed E-state index contributed by atoms with van der Waals surface area (Å²) in [6.07, 6.45) is 4.00. The number of unbranched alkanes of at least 4 members (excludes halogenated alkanes) is 1. The predicted octanol–water partition coefficient (Wildman–Crippen LogP) is 2.20. The highest BCUT2D eigenvalue weighted by atomic mass is 16.5. The summed E-state index contributed by atoms with van der Waals surface area (Å²) < 4.78 is 5.50. The number of hydrogen-bond acceptors (Lipinski definition) is 6. The van der Waals surface area contributed by atoms with Crippen molar-refractivity contribution in [3.63, 3.8) is 0 Å². The Labute approximate surface area is 189 Å². The fraction of sp³-hybridized carbons (Fsp3) is 0.640. The first kappa shape index (κ1) is 21.4. The molecule has 2 aliphatic heterocycles. The van der Waals surface area contributed by atoms with Gasteiger partial charge in [0, 0.05) is 45.1 Å². The van der Waals surface area contributed by atoms with E-state index in [9.17, 15) is 14.4 Å². The van der Waals surface area contributed by atoms with Gasteiger partial charge in [0.1, 0.15) is 11.5 Å². The van der Waals surface area contributed by atoms with Crippen LogP contribution in [0, 0.1) is 23.7 Å². The molecule has 0 spiro atoms. The lowest BCUT2D eigenvalue weighted by Crippen LogP contribution is -2.46. The van der Waals surface area contributed by atoms with Crippen molar-refractivity contribution >= 4 is 23.3 Å². The Bertz CT molecular complexity index is 895. The van der Waals surface area contributed by atoms with E-state index in [0.29, 0.717) is 13.0 Å². The van der Waals surface area contributed by atoms with Crippen molar-refractivity contribution < 1.29 is 19.1 Å². The quantitative estimate of drug-likeness (QED) is 0.479. The van der Waals surface area contributed by atoms with E-state index in [1.165, 1.54) is 4.90 Å². The van der Waals surface area contributed by atoms with Gasteiger partial charge in [-0.1, -0.05) is 12.1 Å². The van der Waals surface area contributed by atoms with E-state index in [1.807, 2.05) is 18.2 Å². The molecule has 2 amide bonds. The van der Waals surface area contributed by atoms with Crippen LogP contribution in [0.25, 0.3) is 0 Å². The summed E-state index contributed by atoms with van der Waals surface area (Å²) in [4.78, 5) is 44.4. The van der Waals surface area contributed by atoms with E-state index in [4.69, 9.17) is 4.74 Å². The Balaban J connectivity index is 1.08. The largest absolute Gasteiger partial charge is 0.495 e. The summed E-state index contributed by atoms with van der Waals surface area (Å²) in [5, 5.41) is 0. The van der Waals surface area contributed by atoms with Crippen molar-refractivity contribution in [2.75, 3.05) is 51.3 Å². The number of ketones is 1. The average molecular weight is 440 g/mol. The van der Waals surface area contributed by atoms with Crippen LogP contribution < -0.4 is 9.64 Å². The normalized spacial score (nSPS) is 30.2. The van der Waals surface area contributed by atoms with Gasteiger partial charge in [0.05, 0.1) is 24.6 Å². The van der Waals surface area contributed by atoms with Gasteiger partial charge in [-0.2, -0.15) is 0 Å². The lowest BCUT2D eigenvalue weighted by molar-refractivity contribution is -0.144. The predicted molar refractivity (Wildman–Crippen MR) is 120 cm³/mol. The highest BCUT2D eigenvalue weighted by Crippen LogP contribution is 2.51. The van der Waals surface area contributed by atoms with Gasteiger partial charge in [-0.15, -0.1) is 0 Å². The smallest absolute Gasteiger partial charge is 0.233 e. The molecule has 0 N–H and O–H groups in total. The van der Waals surface area contributed by atoms with Crippen LogP contribution in [0.2, 0.25) is 0 Å². The average Bonchev–Trinajstić information content (AvgIpc) is 3.09. The van der Waals surface area contributed by atoms with E-state index in [-0.39, 0.29) is 41.3 Å². The molecule has 32 heavy (non-hydrogen) atoms. The van der Waals surface area contributed by atoms with Crippen molar-refractivity contribution in [2.45, 2.75) is 32.1 Å². The number of imide groups is 1. The van der Waals surface area contributed by atoms with Crippen LogP contribution >= 0.6 is 0 Å². The van der Waals surface area contributed by atoms with Crippen molar-refractivity contribution in [3.05, 3.63) is 24.3 Å². The molecule has 1 aromatic carbocycles. The third-order valence-corrected chi connectivity index (χ3v) is 8.06. The van der Waals surface area contributed by atoms with Gasteiger partial charge in [0.2, 0.25) is 11.8 Å². The van der Waals surface area contributed by atoms with E-state index < -0.39 is 0 Å². The SMILES string of the molecule is COc1ccccc1N1CCN(CCCCN2C(=O)C3C4CCC(C(=O)C4)C3C2=O)CC1. The Morgan fingerprint density at radius 2 is 1.62 bits per heavy atom. The van der Waals surface area contributed by atoms with Gasteiger partial charge in [0.15, 0.2) is 0 Å². The number of ether oxygens (including phenoxy) is 1. The van der Waals surface area contributed by atoms with Crippen LogP contribution in [0.4, 0.5) is 5.69 Å². The van der Waals surface area contributed by atoms with Gasteiger partial charge < -0.3 is 9.64 Å². The Morgan fingerprint density at radius 3 is 2.38 bits per heavy atom. The van der Waals surface area contributed by atoms with Gasteiger partial charge >= 0.3 is 0 Å². The molecule has 1 aromatic rings. The molecular weight excluding hydrogens is 406 g/mol. The minimum Gasteiger partial charge on any atom is -0.495 e. The van der Waals surface area contributed by atoms with E-state index in [2.05, 4.69) is 15.9 Å². The van der Waals surface area contributed by atoms with Gasteiger partial charge in [-0.05, 0) is 50.3 Å². The third kappa shape index (κ3) is 3.70. The monoisotopic (exact) mass is 439 g/mol. The van der Waals surface area contributed by atoms with E-state index in [0.717, 1.165) is 69.8 Å². The summed E-state index contributed by atoms with van der Waals surface area (Å²) in [7, 11) is 1.71. The molecule has 4 atom stereocenters. The number of methoxy groups -OCH3 is 1. The Morgan fingerprint density at radius 1 is 0.906 bits per heavy atom. The molecule has 2 heterocycles. The molecular formula is C25H33N3O4. The molecule has 3 aliphatic carbocycles. The summed E-state index contributed by atoms with van der Waals surface area (Å²) in [6, 6.07) is 8.14. The number of piperazine rings is 1. The molecule has 2 bridgehead atoms. The zero-order valence-corrected chi connectivity index (χ0v) is 18.9. The maximum atomic E-state index is 12.9. The Kier molecular flexibility index (Phi) is 5.93. The second kappa shape index (κ2) is 8.85. The number of amides is 2. The standard InChI is InChI=1S/C25H33N3O4/c1-32-21-7-3-2-6-19(21)27-14-12-26(13-15-27)10-4-5-11-28-24(30)22-17-8-9-18(20(29)16-17)23(22)25(28)31/h2-3,6-7,17-18,22-23H,4-5,8-16H2,1H3. The minimum atomic E-state index is -0.356. The van der Waals surface area contributed by atoms with Gasteiger partial charge in [-0.3, -0.25) is 24.2 Å². The summed E-state index contributed by atoms with van der Waals surface area (Å²) in [6.45, 7) is 5.39. The first-order valence-corrected chi connectivity index (χ1v) is 12.1. The van der Waals surface area contributed by atoms with Crippen molar-refractivity contribution in [1.29, 1.82) is 0 Å². The number of likely N-dealkylation sites (tertiary alicyclic amines) is 1. The third-order valence-electron chi connectivity index (χ3n) is 8.06. The molecule has 5 fully saturated rings. The van der Waals surface area contributed by atoms with Crippen LogP contribution in [-0.4, -0.2) is 73.8 Å². The molecule has 0 radical (unpaired) electrons. The number of nitrogens with zero attached hydrogens (tertiary/aromatic N) is 3. The van der Waals surface area contributed by atoms with E-state index in [1.54, 1.807) is 7.11 Å². The number of para-hydroxylation sites is 2. The second-order valence-electron chi connectivity index (χ2n) is 9.70. The summed E-state index contributed by atoms with van der Waals surface area (Å²) >= 11 is 0. The van der Waals surface area contributed by atoms with Crippen molar-refractivity contribution in [3.8, 4) is 5.75 Å². The topological polar surface area (TPSA) is 70.2 Å². The van der Waals surface area contributed by atoms with Crippen molar-refractivity contribution in [1.82, 2.24) is 9.80 Å². The lowest BCUT2D eigenvalue weighted by Gasteiger charge is -2.41. The number of carbonyl (C=O) groups is 3. The highest BCUT2D eigenvalue weighted by Gasteiger charge is 2.60. The van der Waals surface area contributed by atoms with E-state index >= 15 is 0 Å². The number of carbonyl (C=O) groups excluding carboxylic acids is 3. The first-order chi connectivity index (χ1) is 15.6. The molecule has 5 aliphatic rings. The fourth-order valence-electron chi connectivity index (χ4n) is 6.37. The van der Waals surface area contributed by atoms with Crippen molar-refractivity contribution in [2.24, 2.45) is 23.7 Å². The number of anilines is 1. The summed E-state index contributed by atoms with van der Waals surface area (Å²) in [5.41, 5.74) is 1.15. The number of benzene rings is 1. The number of hydrogen-bond donors (Lipinski definition) is 0. The highest BCUT2D eigenvalue weighted by molar-refractivity contribution is 6.08. The lowest BCUT2D eigenvalue weighted by atomic mass is 9.59. The fourth-order valence-corrected chi connectivity index (χ4v) is 6.37. The molecule has 3 saturated carbocycles. The second-order valence-corrected chi connectivity index (χ2v) is 9.70. The molecule has 6 rings (SSSR count). The number of fused-ring (bicyclic) bond motifs is 2. The van der Waals surface area contributed by atoms with Crippen LogP contribution in [0.5, 0.6) is 5.75 Å². The zero-order chi connectivity index (χ0) is 22.2. The molecule has 4 unspecified atom stereocenters. The summed E-state index contributed by atoms with van der Waals surface area (Å²) in [5.74, 6) is 0.354. The van der Waals surface area contributed by atoms with Gasteiger partial charge in [0.25, 0.3) is 0 Å². The minimum absolute atomic E-state index is 0.00683. The molecule has 0 aromatic heterocycles. The number of Topliss-reactive ketones (excluding diaryl/α,β-unsaturated/α-hetero) is 1.